The van der Waals surface area contributed by atoms with Gasteiger partial charge in [-0.15, -0.1) is 0 Å². The molecular formula is C42H54ClN3O7Si. The molecule has 10 nitrogen and oxygen atoms in total. The number of aliphatic carboxylic acids is 1. The van der Waals surface area contributed by atoms with Gasteiger partial charge in [-0.1, -0.05) is 82.0 Å². The zero-order valence-electron chi connectivity index (χ0n) is 32.2. The predicted molar refractivity (Wildman–Crippen MR) is 217 cm³/mol. The van der Waals surface area contributed by atoms with Crippen molar-refractivity contribution in [2.24, 2.45) is 0 Å². The number of anilines is 1. The standard InChI is InChI=1S/C42H54ClN3O7Si/c1-41(2,3)54(5,6)53-36(30-17-19-34(47)39-31(30)18-20-38(49)46-39)26-44-25-28-23-32(43)33(24-35(28)52-4)45-37(48)12-10-11-27-13-15-29(16-14-27)42(40(50)51)21-8-7-9-22-42/h13-20,23-24,36,44,47H,7-12,21-22,25-26H2,1-6H3,(H,45,48)(H,46,49)(H,50,51)/t36-/m0/s1. The van der Waals surface area contributed by atoms with E-state index >= 15 is 0 Å². The third kappa shape index (κ3) is 9.37. The fourth-order valence-corrected chi connectivity index (χ4v) is 8.59. The molecular weight excluding hydrogens is 722 g/mol. The van der Waals surface area contributed by atoms with Gasteiger partial charge in [0.05, 0.1) is 34.9 Å². The van der Waals surface area contributed by atoms with Crippen molar-refractivity contribution in [3.8, 4) is 11.5 Å². The Morgan fingerprint density at radius 2 is 1.72 bits per heavy atom. The molecule has 54 heavy (non-hydrogen) atoms. The van der Waals surface area contributed by atoms with Crippen LogP contribution in [0.5, 0.6) is 11.5 Å². The van der Waals surface area contributed by atoms with E-state index < -0.39 is 25.8 Å². The molecule has 0 unspecified atom stereocenters. The number of fused-ring (bicyclic) bond motifs is 1. The first-order valence-corrected chi connectivity index (χ1v) is 22.1. The van der Waals surface area contributed by atoms with E-state index in [4.69, 9.17) is 20.8 Å². The van der Waals surface area contributed by atoms with Crippen molar-refractivity contribution >= 4 is 48.4 Å². The highest BCUT2D eigenvalue weighted by atomic mass is 35.5. The van der Waals surface area contributed by atoms with Gasteiger partial charge in [0.1, 0.15) is 11.5 Å². The first-order valence-electron chi connectivity index (χ1n) is 18.8. The lowest BCUT2D eigenvalue weighted by atomic mass is 9.69. The Kier molecular flexibility index (Phi) is 13.0. The van der Waals surface area contributed by atoms with Crippen LogP contribution in [-0.4, -0.2) is 49.0 Å². The Morgan fingerprint density at radius 1 is 1.02 bits per heavy atom. The summed E-state index contributed by atoms with van der Waals surface area (Å²) in [5.74, 6) is -0.352. The summed E-state index contributed by atoms with van der Waals surface area (Å²) in [5, 5.41) is 28.0. The maximum atomic E-state index is 13.0. The van der Waals surface area contributed by atoms with Crippen LogP contribution < -0.4 is 20.9 Å². The van der Waals surface area contributed by atoms with Gasteiger partial charge in [0, 0.05) is 42.6 Å². The number of aromatic nitrogens is 1. The van der Waals surface area contributed by atoms with Crippen LogP contribution >= 0.6 is 11.6 Å². The van der Waals surface area contributed by atoms with E-state index in [0.717, 1.165) is 41.5 Å². The van der Waals surface area contributed by atoms with E-state index in [1.165, 1.54) is 6.07 Å². The number of methoxy groups -OCH3 is 1. The fourth-order valence-electron chi connectivity index (χ4n) is 7.08. The number of benzene rings is 3. The van der Waals surface area contributed by atoms with Crippen molar-refractivity contribution in [2.45, 2.75) is 108 Å². The number of nitrogens with one attached hydrogen (secondary N) is 3. The molecule has 1 fully saturated rings. The number of carbonyl (C=O) groups is 2. The van der Waals surface area contributed by atoms with Gasteiger partial charge in [0.15, 0.2) is 8.32 Å². The lowest BCUT2D eigenvalue weighted by Crippen LogP contribution is -2.43. The first-order chi connectivity index (χ1) is 25.5. The highest BCUT2D eigenvalue weighted by molar-refractivity contribution is 6.74. The minimum Gasteiger partial charge on any atom is -0.506 e. The summed E-state index contributed by atoms with van der Waals surface area (Å²) >= 11 is 6.70. The molecule has 0 radical (unpaired) electrons. The smallest absolute Gasteiger partial charge is 0.314 e. The van der Waals surface area contributed by atoms with Crippen molar-refractivity contribution in [1.82, 2.24) is 10.3 Å². The van der Waals surface area contributed by atoms with E-state index in [1.807, 2.05) is 30.3 Å². The Balaban J connectivity index is 1.22. The summed E-state index contributed by atoms with van der Waals surface area (Å²) < 4.78 is 12.6. The highest BCUT2D eigenvalue weighted by Crippen LogP contribution is 2.42. The van der Waals surface area contributed by atoms with Gasteiger partial charge >= 0.3 is 5.97 Å². The van der Waals surface area contributed by atoms with Crippen LogP contribution in [0.15, 0.2) is 65.5 Å². The number of carboxylic acid groups (broad SMARTS) is 1. The molecule has 1 aliphatic rings. The van der Waals surface area contributed by atoms with Crippen molar-refractivity contribution in [1.29, 1.82) is 0 Å². The Bertz CT molecular complexity index is 2020. The van der Waals surface area contributed by atoms with E-state index in [-0.39, 0.29) is 28.7 Å². The fraction of sp³-hybridized carbons (Fsp3) is 0.452. The Hall–Kier alpha value is -4.16. The third-order valence-corrected chi connectivity index (χ3v) is 16.1. The average Bonchev–Trinajstić information content (AvgIpc) is 3.12. The van der Waals surface area contributed by atoms with Crippen LogP contribution in [0.3, 0.4) is 0 Å². The molecule has 1 aromatic heterocycles. The van der Waals surface area contributed by atoms with E-state index in [2.05, 4.69) is 49.5 Å². The summed E-state index contributed by atoms with van der Waals surface area (Å²) in [6.07, 6.45) is 5.48. The number of aryl methyl sites for hydroxylation is 1. The topological polar surface area (TPSA) is 150 Å². The highest BCUT2D eigenvalue weighted by Gasteiger charge is 2.41. The number of phenols is 1. The molecule has 5 N–H and O–H groups in total. The summed E-state index contributed by atoms with van der Waals surface area (Å²) in [4.78, 5) is 40.0. The minimum atomic E-state index is -2.27. The molecule has 5 rings (SSSR count). The molecule has 0 saturated heterocycles. The van der Waals surface area contributed by atoms with E-state index in [9.17, 15) is 24.6 Å². The number of carbonyl (C=O) groups excluding carboxylic acids is 1. The number of aromatic hydroxyl groups is 1. The number of hydrogen-bond acceptors (Lipinski definition) is 7. The average molecular weight is 776 g/mol. The van der Waals surface area contributed by atoms with Crippen LogP contribution in [0.4, 0.5) is 5.69 Å². The second-order valence-electron chi connectivity index (χ2n) is 16.0. The Morgan fingerprint density at radius 3 is 2.37 bits per heavy atom. The van der Waals surface area contributed by atoms with Gasteiger partial charge in [-0.3, -0.25) is 14.4 Å². The molecule has 1 amide bonds. The minimum absolute atomic E-state index is 0.00606. The molecule has 12 heteroatoms. The summed E-state index contributed by atoms with van der Waals surface area (Å²) in [7, 11) is -0.694. The van der Waals surface area contributed by atoms with Crippen LogP contribution in [0.2, 0.25) is 23.2 Å². The number of H-pyrrole nitrogens is 1. The van der Waals surface area contributed by atoms with Gasteiger partial charge in [0.2, 0.25) is 11.5 Å². The second-order valence-corrected chi connectivity index (χ2v) is 21.1. The predicted octanol–water partition coefficient (Wildman–Crippen LogP) is 9.00. The van der Waals surface area contributed by atoms with E-state index in [1.54, 1.807) is 31.4 Å². The quantitative estimate of drug-likeness (QED) is 0.0752. The van der Waals surface area contributed by atoms with E-state index in [0.29, 0.717) is 66.1 Å². The molecule has 1 saturated carbocycles. The number of halogens is 1. The SMILES string of the molecule is COc1cc(NC(=O)CCCc2ccc(C3(C(=O)O)CCCCC3)cc2)c(Cl)cc1CNC[C@H](O[Si](C)(C)C(C)(C)C)c1ccc(O)c2[nH]c(=O)ccc12. The van der Waals surface area contributed by atoms with Gasteiger partial charge in [-0.25, -0.2) is 0 Å². The van der Waals surface area contributed by atoms with Gasteiger partial charge in [-0.2, -0.15) is 0 Å². The second kappa shape index (κ2) is 17.1. The molecule has 1 aliphatic carbocycles. The van der Waals surface area contributed by atoms with Crippen molar-refractivity contribution in [3.05, 3.63) is 98.3 Å². The Labute approximate surface area is 323 Å². The molecule has 3 aromatic carbocycles. The number of pyridine rings is 1. The molecule has 1 atom stereocenters. The van der Waals surface area contributed by atoms with Crippen LogP contribution in [0.1, 0.15) is 94.1 Å². The molecule has 0 aliphatic heterocycles. The number of aromatic amines is 1. The summed E-state index contributed by atoms with van der Waals surface area (Å²) in [6, 6.07) is 18.0. The lowest BCUT2D eigenvalue weighted by Gasteiger charge is -2.39. The number of amides is 1. The largest absolute Gasteiger partial charge is 0.506 e. The van der Waals surface area contributed by atoms with Gasteiger partial charge < -0.3 is 35.0 Å². The monoisotopic (exact) mass is 775 g/mol. The molecule has 1 heterocycles. The first kappa shape index (κ1) is 41.0. The maximum absolute atomic E-state index is 13.0. The number of rotatable bonds is 15. The van der Waals surface area contributed by atoms with Crippen molar-refractivity contribution in [2.75, 3.05) is 19.0 Å². The van der Waals surface area contributed by atoms with Crippen LogP contribution in [-0.2, 0) is 32.4 Å². The van der Waals surface area contributed by atoms with Crippen molar-refractivity contribution in [3.63, 3.8) is 0 Å². The molecule has 4 aromatic rings. The molecule has 0 bridgehead atoms. The normalized spacial score (nSPS) is 15.2. The zero-order valence-corrected chi connectivity index (χ0v) is 34.0. The summed E-state index contributed by atoms with van der Waals surface area (Å²) in [6.45, 7) is 11.7. The number of ether oxygens (including phenoxy) is 1. The number of hydrogen-bond donors (Lipinski definition) is 5. The van der Waals surface area contributed by atoms with Gasteiger partial charge in [0.25, 0.3) is 0 Å². The van der Waals surface area contributed by atoms with Gasteiger partial charge in [-0.05, 0) is 78.7 Å². The lowest BCUT2D eigenvalue weighted by molar-refractivity contribution is -0.145. The van der Waals surface area contributed by atoms with Crippen LogP contribution in [0.25, 0.3) is 10.9 Å². The number of carboxylic acids is 1. The maximum Gasteiger partial charge on any atom is 0.314 e. The number of phenolic OH excluding ortho intramolecular Hbond substituents is 1. The third-order valence-electron chi connectivity index (χ3n) is 11.3. The van der Waals surface area contributed by atoms with Crippen LogP contribution in [0, 0.1) is 0 Å². The van der Waals surface area contributed by atoms with Crippen molar-refractivity contribution < 1.29 is 29.0 Å². The molecule has 290 valence electrons. The molecule has 0 spiro atoms. The summed E-state index contributed by atoms with van der Waals surface area (Å²) in [5.41, 5.74) is 3.31. The zero-order chi connectivity index (χ0) is 39.3.